The van der Waals surface area contributed by atoms with Crippen molar-refractivity contribution in [3.05, 3.63) is 221 Å². The van der Waals surface area contributed by atoms with Crippen LogP contribution in [0.15, 0.2) is 169 Å². The minimum atomic E-state index is -1.96. The standard InChI is InChI=1S/C24H22F2N8O2.C23H20F2N8O2/c1-17(24(36,14-32-16-27-15-29-32)21-7-4-19(25)12-22(21)26)33-10-11-34(23(33)35)20-5-2-18(3-6-20)13-31-9-8-28-30-31;1-16(23(35,13-30-15-26-14-28-30)20-7-2-17(24)12-21(20)25)31-10-11-32(22(31)34)18-3-5-19(6-4-18)33-9-8-27-29-33/h2-12,15-17,36H,13-14H2,1H3;2-12,14-16,35H,13H2,1H3/t17-,24-;16-,23-/m11/s1. The summed E-state index contributed by atoms with van der Waals surface area (Å²) in [5.41, 5.74) is -2.21. The highest BCUT2D eigenvalue weighted by molar-refractivity contribution is 5.41. The van der Waals surface area contributed by atoms with Gasteiger partial charge in [-0.05, 0) is 67.9 Å². The van der Waals surface area contributed by atoms with Crippen LogP contribution in [0, 0.1) is 23.3 Å². The Morgan fingerprint density at radius 1 is 0.549 bits per heavy atom. The lowest BCUT2D eigenvalue weighted by Gasteiger charge is -2.35. The van der Waals surface area contributed by atoms with E-state index in [4.69, 9.17) is 0 Å². The molecule has 20 nitrogen and oxygen atoms in total. The van der Waals surface area contributed by atoms with Crippen LogP contribution in [-0.2, 0) is 30.8 Å². The molecular formula is C47H42F4N16O4. The van der Waals surface area contributed by atoms with E-state index < -0.39 is 57.9 Å². The quantitative estimate of drug-likeness (QED) is 0.136. The van der Waals surface area contributed by atoms with Crippen molar-refractivity contribution < 1.29 is 27.8 Å². The van der Waals surface area contributed by atoms with Crippen LogP contribution in [0.2, 0.25) is 0 Å². The molecule has 4 aromatic carbocycles. The Labute approximate surface area is 399 Å². The molecule has 0 amide bonds. The van der Waals surface area contributed by atoms with Gasteiger partial charge >= 0.3 is 11.4 Å². The molecule has 0 saturated carbocycles. The molecule has 4 atom stereocenters. The van der Waals surface area contributed by atoms with Crippen molar-refractivity contribution in [1.82, 2.24) is 77.8 Å². The number of imidazole rings is 2. The number of hydrogen-bond acceptors (Lipinski definition) is 12. The first-order valence-electron chi connectivity index (χ1n) is 21.7. The molecule has 0 aliphatic carbocycles. The smallest absolute Gasteiger partial charge is 0.333 e. The average Bonchev–Trinajstić information content (AvgIpc) is 4.23. The molecule has 71 heavy (non-hydrogen) atoms. The van der Waals surface area contributed by atoms with Crippen LogP contribution < -0.4 is 11.4 Å². The maximum absolute atomic E-state index is 14.8. The summed E-state index contributed by atoms with van der Waals surface area (Å²) >= 11 is 0. The molecule has 0 aliphatic rings. The highest BCUT2D eigenvalue weighted by Gasteiger charge is 2.42. The van der Waals surface area contributed by atoms with Crippen molar-refractivity contribution in [1.29, 1.82) is 0 Å². The van der Waals surface area contributed by atoms with E-state index >= 15 is 0 Å². The van der Waals surface area contributed by atoms with Crippen LogP contribution >= 0.6 is 0 Å². The van der Waals surface area contributed by atoms with Crippen LogP contribution in [0.3, 0.4) is 0 Å². The van der Waals surface area contributed by atoms with Gasteiger partial charge in [0.25, 0.3) is 0 Å². The largest absolute Gasteiger partial charge is 0.381 e. The van der Waals surface area contributed by atoms with E-state index in [9.17, 15) is 37.4 Å². The van der Waals surface area contributed by atoms with E-state index in [1.54, 1.807) is 96.8 Å². The third-order valence-electron chi connectivity index (χ3n) is 12.2. The molecule has 0 saturated heterocycles. The minimum Gasteiger partial charge on any atom is -0.381 e. The summed E-state index contributed by atoms with van der Waals surface area (Å²) in [5.74, 6) is -3.42. The number of aliphatic hydroxyl groups is 2. The number of nitrogens with zero attached hydrogens (tertiary/aromatic N) is 16. The van der Waals surface area contributed by atoms with E-state index in [0.29, 0.717) is 30.1 Å². The summed E-state index contributed by atoms with van der Waals surface area (Å²) in [6.07, 6.45) is 18.0. The summed E-state index contributed by atoms with van der Waals surface area (Å²) in [6, 6.07) is 18.3. The molecule has 362 valence electrons. The summed E-state index contributed by atoms with van der Waals surface area (Å²) in [7, 11) is 0. The summed E-state index contributed by atoms with van der Waals surface area (Å²) in [6.45, 7) is 3.27. The first-order chi connectivity index (χ1) is 34.2. The predicted molar refractivity (Wildman–Crippen MR) is 244 cm³/mol. The predicted octanol–water partition coefficient (Wildman–Crippen LogP) is 4.54. The Morgan fingerprint density at radius 2 is 1.01 bits per heavy atom. The molecular weight excluding hydrogens is 929 g/mol. The van der Waals surface area contributed by atoms with Gasteiger partial charge < -0.3 is 10.2 Å². The summed E-state index contributed by atoms with van der Waals surface area (Å²) in [4.78, 5) is 34.4. The Balaban J connectivity index is 0.000000176. The lowest BCUT2D eigenvalue weighted by atomic mass is 9.86. The SMILES string of the molecule is C[C@@H](n1ccn(-c2ccc(-n3ccnn3)cc2)c1=O)[C@](O)(Cn1cncn1)c1ccc(F)cc1F.C[C@@H](n1ccn(-c2ccc(Cn3ccnn3)cc2)c1=O)[C@](O)(Cn1cncn1)c1ccc(F)cc1F. The number of aromatic nitrogens is 16. The van der Waals surface area contributed by atoms with Crippen molar-refractivity contribution in [2.24, 2.45) is 0 Å². The second-order valence-electron chi connectivity index (χ2n) is 16.5. The van der Waals surface area contributed by atoms with Gasteiger partial charge in [0.2, 0.25) is 0 Å². The van der Waals surface area contributed by atoms with Crippen molar-refractivity contribution in [3.8, 4) is 17.1 Å². The number of benzene rings is 4. The number of halogens is 4. The van der Waals surface area contributed by atoms with E-state index in [2.05, 4.69) is 40.8 Å². The van der Waals surface area contributed by atoms with E-state index in [1.807, 2.05) is 12.1 Å². The second-order valence-corrected chi connectivity index (χ2v) is 16.5. The molecule has 0 radical (unpaired) electrons. The van der Waals surface area contributed by atoms with E-state index in [1.165, 1.54) is 77.5 Å². The van der Waals surface area contributed by atoms with Crippen LogP contribution in [0.25, 0.3) is 17.1 Å². The zero-order chi connectivity index (χ0) is 49.9. The molecule has 6 heterocycles. The van der Waals surface area contributed by atoms with Gasteiger partial charge in [-0.2, -0.15) is 10.2 Å². The average molecular weight is 971 g/mol. The van der Waals surface area contributed by atoms with Gasteiger partial charge in [0, 0.05) is 54.2 Å². The first kappa shape index (κ1) is 47.2. The maximum atomic E-state index is 14.8. The Morgan fingerprint density at radius 3 is 1.44 bits per heavy atom. The molecule has 10 aromatic rings. The van der Waals surface area contributed by atoms with Gasteiger partial charge in [0.05, 0.1) is 67.4 Å². The second kappa shape index (κ2) is 19.6. The van der Waals surface area contributed by atoms with Crippen LogP contribution in [-0.4, -0.2) is 88.0 Å². The molecule has 0 spiro atoms. The highest BCUT2D eigenvalue weighted by Crippen LogP contribution is 2.38. The van der Waals surface area contributed by atoms with Gasteiger partial charge in [0.15, 0.2) is 0 Å². The first-order valence-corrected chi connectivity index (χ1v) is 21.7. The normalized spacial score (nSPS) is 14.0. The minimum absolute atomic E-state index is 0.163. The lowest BCUT2D eigenvalue weighted by molar-refractivity contribution is -0.0344. The summed E-state index contributed by atoms with van der Waals surface area (Å²) < 4.78 is 68.2. The molecule has 6 aromatic heterocycles. The highest BCUT2D eigenvalue weighted by atomic mass is 19.1. The van der Waals surface area contributed by atoms with Crippen LogP contribution in [0.5, 0.6) is 0 Å². The molecule has 10 rings (SSSR count). The van der Waals surface area contributed by atoms with E-state index in [-0.39, 0.29) is 24.2 Å². The van der Waals surface area contributed by atoms with Gasteiger partial charge in [-0.3, -0.25) is 18.3 Å². The van der Waals surface area contributed by atoms with Crippen LogP contribution in [0.1, 0.15) is 42.6 Å². The third-order valence-corrected chi connectivity index (χ3v) is 12.2. The zero-order valence-corrected chi connectivity index (χ0v) is 37.7. The Bertz CT molecular complexity index is 3470. The van der Waals surface area contributed by atoms with Crippen molar-refractivity contribution in [2.45, 2.75) is 56.8 Å². The Hall–Kier alpha value is -8.90. The van der Waals surface area contributed by atoms with Crippen LogP contribution in [0.4, 0.5) is 17.6 Å². The fraction of sp³-hybridized carbons (Fsp3) is 0.191. The molecule has 0 unspecified atom stereocenters. The molecule has 0 fully saturated rings. The van der Waals surface area contributed by atoms with Gasteiger partial charge in [0.1, 0.15) is 59.8 Å². The fourth-order valence-electron chi connectivity index (χ4n) is 8.29. The van der Waals surface area contributed by atoms with Crippen molar-refractivity contribution in [2.75, 3.05) is 0 Å². The Kier molecular flexibility index (Phi) is 13.0. The zero-order valence-electron chi connectivity index (χ0n) is 37.7. The molecule has 24 heteroatoms. The molecule has 0 aliphatic heterocycles. The molecule has 0 bridgehead atoms. The van der Waals surface area contributed by atoms with Crippen molar-refractivity contribution >= 4 is 0 Å². The topological polar surface area (TPSA) is 217 Å². The van der Waals surface area contributed by atoms with Gasteiger partial charge in [-0.1, -0.05) is 34.7 Å². The van der Waals surface area contributed by atoms with Gasteiger partial charge in [-0.15, -0.1) is 10.2 Å². The number of hydrogen-bond donors (Lipinski definition) is 2. The van der Waals surface area contributed by atoms with E-state index in [0.717, 1.165) is 23.4 Å². The maximum Gasteiger partial charge on any atom is 0.333 e. The third kappa shape index (κ3) is 9.60. The summed E-state index contributed by atoms with van der Waals surface area (Å²) in [5, 5.41) is 47.0. The monoisotopic (exact) mass is 970 g/mol. The van der Waals surface area contributed by atoms with Gasteiger partial charge in [-0.25, -0.2) is 55.8 Å². The lowest BCUT2D eigenvalue weighted by Crippen LogP contribution is -2.43. The van der Waals surface area contributed by atoms with Crippen molar-refractivity contribution in [3.63, 3.8) is 0 Å². The fourth-order valence-corrected chi connectivity index (χ4v) is 8.29. The molecule has 2 N–H and O–H groups in total. The number of rotatable bonds is 15.